The lowest BCUT2D eigenvalue weighted by Crippen LogP contribution is -2.13. The zero-order valence-electron chi connectivity index (χ0n) is 13.7. The second-order valence-electron chi connectivity index (χ2n) is 5.62. The molecule has 0 aliphatic carbocycles. The average molecular weight is 341 g/mol. The van der Waals surface area contributed by atoms with Gasteiger partial charge in [-0.25, -0.2) is 9.67 Å². The smallest absolute Gasteiger partial charge is 0.256 e. The van der Waals surface area contributed by atoms with E-state index in [1.165, 1.54) is 0 Å². The average Bonchev–Trinajstić information content (AvgIpc) is 2.82. The molecule has 0 atom stereocenters. The quantitative estimate of drug-likeness (QED) is 0.781. The number of rotatable bonds is 3. The van der Waals surface area contributed by atoms with Gasteiger partial charge in [0, 0.05) is 11.8 Å². The maximum Gasteiger partial charge on any atom is 0.256 e. The van der Waals surface area contributed by atoms with Crippen molar-refractivity contribution in [2.45, 2.75) is 20.8 Å². The fraction of sp³-hybridized carbons (Fsp3) is 0.167. The first-order valence-electron chi connectivity index (χ1n) is 7.52. The third-order valence-corrected chi connectivity index (χ3v) is 4.28. The molecule has 1 N–H and O–H groups in total. The van der Waals surface area contributed by atoms with Crippen molar-refractivity contribution in [1.29, 1.82) is 0 Å². The summed E-state index contributed by atoms with van der Waals surface area (Å²) in [7, 11) is 0. The minimum atomic E-state index is -0.203. The molecule has 0 bridgehead atoms. The van der Waals surface area contributed by atoms with E-state index in [1.807, 2.05) is 45.0 Å². The van der Waals surface area contributed by atoms with Crippen molar-refractivity contribution in [2.75, 3.05) is 5.32 Å². The van der Waals surface area contributed by atoms with Crippen molar-refractivity contribution in [3.8, 4) is 5.69 Å². The number of hydrogen-bond donors (Lipinski definition) is 1. The van der Waals surface area contributed by atoms with E-state index in [0.29, 0.717) is 16.4 Å². The molecular weight excluding hydrogens is 324 g/mol. The molecule has 0 unspecified atom stereocenters. The third-order valence-electron chi connectivity index (χ3n) is 3.73. The molecular formula is C18H17ClN4O. The molecule has 2 heterocycles. The highest BCUT2D eigenvalue weighted by Crippen LogP contribution is 2.22. The molecule has 2 aromatic heterocycles. The minimum Gasteiger partial charge on any atom is -0.307 e. The van der Waals surface area contributed by atoms with E-state index >= 15 is 0 Å². The lowest BCUT2D eigenvalue weighted by atomic mass is 10.2. The van der Waals surface area contributed by atoms with Crippen LogP contribution in [0.4, 0.5) is 5.82 Å². The Morgan fingerprint density at radius 1 is 1.12 bits per heavy atom. The highest BCUT2D eigenvalue weighted by Gasteiger charge is 2.12. The number of anilines is 1. The first-order chi connectivity index (χ1) is 11.5. The Balaban J connectivity index is 1.81. The van der Waals surface area contributed by atoms with Crippen LogP contribution in [0.3, 0.4) is 0 Å². The summed E-state index contributed by atoms with van der Waals surface area (Å²) in [5.74, 6) is 0.334. The number of nitrogens with zero attached hydrogens (tertiary/aromatic N) is 3. The molecule has 0 fully saturated rings. The van der Waals surface area contributed by atoms with Crippen LogP contribution in [-0.4, -0.2) is 20.7 Å². The summed E-state index contributed by atoms with van der Waals surface area (Å²) in [6.45, 7) is 5.72. The van der Waals surface area contributed by atoms with Gasteiger partial charge >= 0.3 is 0 Å². The number of aryl methyl sites for hydroxylation is 2. The van der Waals surface area contributed by atoms with Crippen molar-refractivity contribution < 1.29 is 4.79 Å². The van der Waals surface area contributed by atoms with Crippen LogP contribution < -0.4 is 5.32 Å². The van der Waals surface area contributed by atoms with E-state index in [4.69, 9.17) is 11.6 Å². The van der Waals surface area contributed by atoms with E-state index in [2.05, 4.69) is 15.4 Å². The Labute approximate surface area is 145 Å². The molecule has 24 heavy (non-hydrogen) atoms. The molecule has 3 aromatic rings. The number of benzene rings is 1. The Morgan fingerprint density at radius 2 is 1.83 bits per heavy atom. The van der Waals surface area contributed by atoms with Crippen LogP contribution in [0.5, 0.6) is 0 Å². The van der Waals surface area contributed by atoms with Gasteiger partial charge in [-0.15, -0.1) is 0 Å². The summed E-state index contributed by atoms with van der Waals surface area (Å²) in [6.07, 6.45) is 1.67. The predicted molar refractivity (Wildman–Crippen MR) is 95.0 cm³/mol. The van der Waals surface area contributed by atoms with Gasteiger partial charge in [0.2, 0.25) is 0 Å². The van der Waals surface area contributed by atoms with Crippen molar-refractivity contribution >= 4 is 23.3 Å². The molecule has 0 radical (unpaired) electrons. The number of pyridine rings is 1. The van der Waals surface area contributed by atoms with Crippen LogP contribution in [0.25, 0.3) is 5.69 Å². The Kier molecular flexibility index (Phi) is 4.36. The molecule has 0 saturated carbocycles. The molecule has 0 aliphatic rings. The summed E-state index contributed by atoms with van der Waals surface area (Å²) in [5, 5.41) is 7.85. The molecule has 1 amide bonds. The van der Waals surface area contributed by atoms with Crippen LogP contribution in [0.15, 0.2) is 42.6 Å². The summed E-state index contributed by atoms with van der Waals surface area (Å²) < 4.78 is 1.77. The summed E-state index contributed by atoms with van der Waals surface area (Å²) in [6, 6.07) is 10.9. The van der Waals surface area contributed by atoms with Gasteiger partial charge in [0.1, 0.15) is 5.82 Å². The van der Waals surface area contributed by atoms with E-state index in [1.54, 1.807) is 23.0 Å². The largest absolute Gasteiger partial charge is 0.307 e. The Bertz CT molecular complexity index is 900. The van der Waals surface area contributed by atoms with Crippen LogP contribution in [0.1, 0.15) is 27.3 Å². The first-order valence-corrected chi connectivity index (χ1v) is 7.89. The van der Waals surface area contributed by atoms with E-state index in [0.717, 1.165) is 22.6 Å². The van der Waals surface area contributed by atoms with Gasteiger partial charge in [0.05, 0.1) is 22.1 Å². The summed E-state index contributed by atoms with van der Waals surface area (Å²) in [5.41, 5.74) is 4.09. The van der Waals surface area contributed by atoms with Crippen molar-refractivity contribution in [3.05, 3.63) is 70.1 Å². The highest BCUT2D eigenvalue weighted by molar-refractivity contribution is 6.31. The van der Waals surface area contributed by atoms with Crippen LogP contribution in [0.2, 0.25) is 5.02 Å². The van der Waals surface area contributed by atoms with Crippen LogP contribution in [-0.2, 0) is 0 Å². The molecule has 0 spiro atoms. The van der Waals surface area contributed by atoms with E-state index < -0.39 is 0 Å². The highest BCUT2D eigenvalue weighted by atomic mass is 35.5. The molecule has 0 aliphatic heterocycles. The van der Waals surface area contributed by atoms with Gasteiger partial charge in [-0.1, -0.05) is 11.6 Å². The van der Waals surface area contributed by atoms with Gasteiger partial charge in [-0.2, -0.15) is 5.10 Å². The number of aromatic nitrogens is 3. The SMILES string of the molecule is Cc1ccnc(NC(=O)c2ccc(-n3nc(C)c(Cl)c3C)cc2)c1. The molecule has 6 heteroatoms. The van der Waals surface area contributed by atoms with E-state index in [9.17, 15) is 4.79 Å². The standard InChI is InChI=1S/C18H17ClN4O/c1-11-8-9-20-16(10-11)21-18(24)14-4-6-15(7-5-14)23-13(3)17(19)12(2)22-23/h4-10H,1-3H3,(H,20,21,24). The van der Waals surface area contributed by atoms with Crippen LogP contribution in [0, 0.1) is 20.8 Å². The molecule has 3 rings (SSSR count). The molecule has 5 nitrogen and oxygen atoms in total. The maximum atomic E-state index is 12.3. The number of carbonyl (C=O) groups excluding carboxylic acids is 1. The van der Waals surface area contributed by atoms with Gasteiger partial charge < -0.3 is 5.32 Å². The predicted octanol–water partition coefficient (Wildman–Crippen LogP) is 4.10. The fourth-order valence-corrected chi connectivity index (χ4v) is 2.54. The van der Waals surface area contributed by atoms with Gasteiger partial charge in [0.25, 0.3) is 5.91 Å². The number of carbonyl (C=O) groups is 1. The number of nitrogens with one attached hydrogen (secondary N) is 1. The lowest BCUT2D eigenvalue weighted by molar-refractivity contribution is 0.102. The maximum absolute atomic E-state index is 12.3. The van der Waals surface area contributed by atoms with Gasteiger partial charge in [-0.05, 0) is 62.7 Å². The second kappa shape index (κ2) is 6.45. The third kappa shape index (κ3) is 3.16. The topological polar surface area (TPSA) is 59.8 Å². The van der Waals surface area contributed by atoms with Gasteiger partial charge in [-0.3, -0.25) is 4.79 Å². The molecule has 1 aromatic carbocycles. The van der Waals surface area contributed by atoms with Gasteiger partial charge in [0.15, 0.2) is 0 Å². The first kappa shape index (κ1) is 16.2. The number of amides is 1. The summed E-state index contributed by atoms with van der Waals surface area (Å²) in [4.78, 5) is 16.4. The normalized spacial score (nSPS) is 10.7. The van der Waals surface area contributed by atoms with Crippen molar-refractivity contribution in [2.24, 2.45) is 0 Å². The molecule has 0 saturated heterocycles. The minimum absolute atomic E-state index is 0.203. The zero-order chi connectivity index (χ0) is 17.3. The fourth-order valence-electron chi connectivity index (χ4n) is 2.42. The van der Waals surface area contributed by atoms with Crippen LogP contribution >= 0.6 is 11.6 Å². The second-order valence-corrected chi connectivity index (χ2v) is 5.99. The van der Waals surface area contributed by atoms with Crippen molar-refractivity contribution in [1.82, 2.24) is 14.8 Å². The molecule has 122 valence electrons. The lowest BCUT2D eigenvalue weighted by Gasteiger charge is -2.07. The zero-order valence-corrected chi connectivity index (χ0v) is 14.4. The van der Waals surface area contributed by atoms with Crippen molar-refractivity contribution in [3.63, 3.8) is 0 Å². The monoisotopic (exact) mass is 340 g/mol. The summed E-state index contributed by atoms with van der Waals surface area (Å²) >= 11 is 6.18. The number of hydrogen-bond acceptors (Lipinski definition) is 3. The van der Waals surface area contributed by atoms with E-state index in [-0.39, 0.29) is 5.91 Å². The number of halogens is 1. The Morgan fingerprint density at radius 3 is 2.42 bits per heavy atom. The Hall–Kier alpha value is -2.66.